The molecular weight excluding hydrogens is 434 g/mol. The van der Waals surface area contributed by atoms with E-state index in [9.17, 15) is 9.90 Å². The second-order valence-electron chi connectivity index (χ2n) is 13.4. The Labute approximate surface area is 213 Å². The minimum absolute atomic E-state index is 0.0350. The fourth-order valence-electron chi connectivity index (χ4n) is 9.37. The van der Waals surface area contributed by atoms with Crippen molar-refractivity contribution in [3.63, 3.8) is 0 Å². The molecule has 0 aromatic carbocycles. The lowest BCUT2D eigenvalue weighted by Crippen LogP contribution is -2.60. The number of allylic oxidation sites excluding steroid dienone is 1. The highest BCUT2D eigenvalue weighted by atomic mass is 16.3. The van der Waals surface area contributed by atoms with Crippen molar-refractivity contribution in [2.45, 2.75) is 111 Å². The van der Waals surface area contributed by atoms with Gasteiger partial charge in [-0.15, -0.1) is 0 Å². The number of aliphatic hydroxyl groups is 1. The lowest BCUT2D eigenvalue weighted by Gasteiger charge is -2.60. The van der Waals surface area contributed by atoms with Crippen molar-refractivity contribution < 1.29 is 9.90 Å². The molecule has 35 heavy (non-hydrogen) atoms. The summed E-state index contributed by atoms with van der Waals surface area (Å²) in [7, 11) is 0. The third-order valence-electron chi connectivity index (χ3n) is 11.0. The minimum atomic E-state index is -0.603. The van der Waals surface area contributed by atoms with Gasteiger partial charge >= 0.3 is 6.03 Å². The number of hydrogen-bond donors (Lipinski definition) is 4. The molecular formula is C30H51N3O2. The van der Waals surface area contributed by atoms with Gasteiger partial charge in [-0.1, -0.05) is 72.1 Å². The predicted octanol–water partition coefficient (Wildman–Crippen LogP) is 6.10. The molecule has 2 amide bonds. The first-order valence-corrected chi connectivity index (χ1v) is 14.4. The van der Waals surface area contributed by atoms with E-state index in [1.165, 1.54) is 50.5 Å². The van der Waals surface area contributed by atoms with Gasteiger partial charge in [0.15, 0.2) is 0 Å². The Bertz CT molecular complexity index is 837. The highest BCUT2D eigenvalue weighted by Crippen LogP contribution is 2.67. The molecule has 0 saturated heterocycles. The number of nitrogens with two attached hydrogens (primary N) is 1. The molecule has 5 N–H and O–H groups in total. The molecule has 0 heterocycles. The molecule has 4 aliphatic rings. The zero-order chi connectivity index (χ0) is 25.5. The number of fused-ring (bicyclic) bond motifs is 5. The summed E-state index contributed by atoms with van der Waals surface area (Å²) in [6, 6.07) is -0.560. The molecule has 9 atom stereocenters. The van der Waals surface area contributed by atoms with Gasteiger partial charge in [0, 0.05) is 11.5 Å². The van der Waals surface area contributed by atoms with Gasteiger partial charge in [-0.05, 0) is 85.9 Å². The van der Waals surface area contributed by atoms with Crippen LogP contribution in [0.15, 0.2) is 24.0 Å². The van der Waals surface area contributed by atoms with Crippen molar-refractivity contribution in [2.75, 3.05) is 0 Å². The summed E-state index contributed by atoms with van der Waals surface area (Å²) in [6.07, 6.45) is 14.1. The number of rotatable bonds is 8. The normalized spacial score (nSPS) is 41.3. The Hall–Kier alpha value is -1.49. The van der Waals surface area contributed by atoms with Crippen LogP contribution in [0, 0.1) is 46.3 Å². The number of aliphatic hydroxyl groups excluding tert-OH is 1. The van der Waals surface area contributed by atoms with Crippen LogP contribution in [0.1, 0.15) is 98.8 Å². The number of amides is 2. The zero-order valence-electron chi connectivity index (χ0n) is 22.9. The van der Waals surface area contributed by atoms with E-state index in [2.05, 4.69) is 57.9 Å². The largest absolute Gasteiger partial charge is 0.393 e. The van der Waals surface area contributed by atoms with Gasteiger partial charge < -0.3 is 16.2 Å². The van der Waals surface area contributed by atoms with Crippen LogP contribution in [0.2, 0.25) is 0 Å². The van der Waals surface area contributed by atoms with Crippen molar-refractivity contribution in [2.24, 2.45) is 52.1 Å². The van der Waals surface area contributed by atoms with E-state index in [0.29, 0.717) is 29.5 Å². The highest BCUT2D eigenvalue weighted by molar-refractivity contribution is 5.73. The number of carbonyl (C=O) groups is 1. The van der Waals surface area contributed by atoms with Crippen molar-refractivity contribution in [1.29, 1.82) is 0 Å². The third kappa shape index (κ3) is 4.91. The van der Waals surface area contributed by atoms with E-state index < -0.39 is 6.03 Å². The summed E-state index contributed by atoms with van der Waals surface area (Å²) in [5.74, 6) is 4.99. The van der Waals surface area contributed by atoms with Crippen LogP contribution in [0.3, 0.4) is 0 Å². The summed E-state index contributed by atoms with van der Waals surface area (Å²) < 4.78 is 0. The maximum absolute atomic E-state index is 11.4. The van der Waals surface area contributed by atoms with Gasteiger partial charge in [0.05, 0.1) is 11.9 Å². The second kappa shape index (κ2) is 10.1. The Morgan fingerprint density at radius 1 is 1.20 bits per heavy atom. The van der Waals surface area contributed by atoms with Crippen LogP contribution in [0.4, 0.5) is 4.79 Å². The first kappa shape index (κ1) is 26.6. The third-order valence-corrected chi connectivity index (χ3v) is 11.0. The lowest BCUT2D eigenvalue weighted by molar-refractivity contribution is -0.0677. The van der Waals surface area contributed by atoms with Crippen LogP contribution < -0.4 is 16.4 Å². The molecule has 3 saturated carbocycles. The van der Waals surface area contributed by atoms with E-state index >= 15 is 0 Å². The van der Waals surface area contributed by atoms with E-state index in [1.54, 1.807) is 0 Å². The Balaban J connectivity index is 1.54. The molecule has 5 heteroatoms. The average Bonchev–Trinajstić information content (AvgIpc) is 3.11. The van der Waals surface area contributed by atoms with Crippen LogP contribution in [-0.4, -0.2) is 23.3 Å². The maximum atomic E-state index is 11.4. The number of primary amides is 1. The van der Waals surface area contributed by atoms with E-state index in [1.807, 2.05) is 0 Å². The molecule has 0 aromatic rings. The smallest absolute Gasteiger partial charge is 0.317 e. The minimum Gasteiger partial charge on any atom is -0.393 e. The number of hydrogen-bond acceptors (Lipinski definition) is 3. The van der Waals surface area contributed by atoms with Crippen LogP contribution >= 0.6 is 0 Å². The zero-order valence-corrected chi connectivity index (χ0v) is 22.9. The molecule has 0 aromatic heterocycles. The van der Waals surface area contributed by atoms with Gasteiger partial charge in [0.2, 0.25) is 0 Å². The molecule has 4 rings (SSSR count). The van der Waals surface area contributed by atoms with Crippen molar-refractivity contribution >= 4 is 6.03 Å². The summed E-state index contributed by atoms with van der Waals surface area (Å²) in [6.45, 7) is 16.3. The second-order valence-corrected chi connectivity index (χ2v) is 13.4. The topological polar surface area (TPSA) is 87.4 Å². The number of urea groups is 1. The molecule has 0 bridgehead atoms. The molecule has 5 nitrogen and oxygen atoms in total. The fraction of sp³-hybridized carbons (Fsp3) is 0.833. The SMILES string of the molecule is C=C(NC(N)=O)NC1C[C@@H](O)CC2=CC[C@H]3[C@@H]4CC[C@H]([C@H](C)CCCC(C)C)[C@@]4(C)CC[C@@H]3[C@]21C. The van der Waals surface area contributed by atoms with Gasteiger partial charge in [0.1, 0.15) is 0 Å². The summed E-state index contributed by atoms with van der Waals surface area (Å²) in [4.78, 5) is 11.4. The van der Waals surface area contributed by atoms with Crippen LogP contribution in [0.5, 0.6) is 0 Å². The van der Waals surface area contributed by atoms with Crippen LogP contribution in [-0.2, 0) is 0 Å². The van der Waals surface area contributed by atoms with Gasteiger partial charge in [-0.3, -0.25) is 5.32 Å². The number of carbonyl (C=O) groups excluding carboxylic acids is 1. The van der Waals surface area contributed by atoms with Crippen molar-refractivity contribution in [3.8, 4) is 0 Å². The summed E-state index contributed by atoms with van der Waals surface area (Å²) in [5, 5.41) is 16.8. The molecule has 0 aliphatic heterocycles. The van der Waals surface area contributed by atoms with E-state index in [0.717, 1.165) is 36.5 Å². The predicted molar refractivity (Wildman–Crippen MR) is 143 cm³/mol. The quantitative estimate of drug-likeness (QED) is 0.313. The molecule has 3 fully saturated rings. The van der Waals surface area contributed by atoms with E-state index in [-0.39, 0.29) is 17.6 Å². The fourth-order valence-corrected chi connectivity index (χ4v) is 9.37. The van der Waals surface area contributed by atoms with Gasteiger partial charge in [-0.2, -0.15) is 0 Å². The lowest BCUT2D eigenvalue weighted by atomic mass is 9.46. The van der Waals surface area contributed by atoms with Crippen molar-refractivity contribution in [1.82, 2.24) is 10.6 Å². The Morgan fingerprint density at radius 3 is 2.63 bits per heavy atom. The van der Waals surface area contributed by atoms with Gasteiger partial charge in [0.25, 0.3) is 0 Å². The Kier molecular flexibility index (Phi) is 7.67. The van der Waals surface area contributed by atoms with Gasteiger partial charge in [-0.25, -0.2) is 4.79 Å². The maximum Gasteiger partial charge on any atom is 0.317 e. The molecule has 1 unspecified atom stereocenters. The molecule has 0 radical (unpaired) electrons. The average molecular weight is 486 g/mol. The summed E-state index contributed by atoms with van der Waals surface area (Å²) >= 11 is 0. The standard InChI is InChI=1S/C30H51N3O2/c1-18(2)8-7-9-19(3)24-12-13-25-23-11-10-21-16-22(34)17-27(32-20(4)33-28(31)35)30(21,6)26(23)14-15-29(24,25)5/h10,18-19,22-27,32,34H,4,7-9,11-17H2,1-3,5-6H3,(H3,31,33,35)/t19-,22+,23+,24-,25+,26+,27?,29-,30+/m1/s1. The first-order valence-electron chi connectivity index (χ1n) is 14.4. The first-order chi connectivity index (χ1) is 16.5. The molecule has 0 spiro atoms. The molecule has 198 valence electrons. The van der Waals surface area contributed by atoms with E-state index in [4.69, 9.17) is 5.73 Å². The Morgan fingerprint density at radius 2 is 1.94 bits per heavy atom. The summed E-state index contributed by atoms with van der Waals surface area (Å²) in [5.41, 5.74) is 7.16. The molecule has 4 aliphatic carbocycles. The number of nitrogens with one attached hydrogen (secondary N) is 2. The van der Waals surface area contributed by atoms with Crippen LogP contribution in [0.25, 0.3) is 0 Å². The van der Waals surface area contributed by atoms with Crippen molar-refractivity contribution in [3.05, 3.63) is 24.0 Å². The highest BCUT2D eigenvalue weighted by Gasteiger charge is 2.61. The monoisotopic (exact) mass is 485 g/mol.